The van der Waals surface area contributed by atoms with E-state index in [1.807, 2.05) is 0 Å². The van der Waals surface area contributed by atoms with Crippen LogP contribution < -0.4 is 15.4 Å². The Morgan fingerprint density at radius 2 is 2.00 bits per heavy atom. The predicted molar refractivity (Wildman–Crippen MR) is 73.2 cm³/mol. The smallest absolute Gasteiger partial charge is 0.406 e. The first-order valence-electron chi connectivity index (χ1n) is 6.30. The summed E-state index contributed by atoms with van der Waals surface area (Å²) >= 11 is 0. The summed E-state index contributed by atoms with van der Waals surface area (Å²) in [6, 6.07) is 5.26. The van der Waals surface area contributed by atoms with Crippen LogP contribution in [0.25, 0.3) is 0 Å². The van der Waals surface area contributed by atoms with Gasteiger partial charge in [-0.3, -0.25) is 4.79 Å². The van der Waals surface area contributed by atoms with Crippen molar-refractivity contribution in [2.45, 2.75) is 31.8 Å². The van der Waals surface area contributed by atoms with Crippen molar-refractivity contribution in [3.63, 3.8) is 0 Å². The highest BCUT2D eigenvalue weighted by atomic mass is 35.5. The van der Waals surface area contributed by atoms with Crippen molar-refractivity contribution in [3.05, 3.63) is 29.8 Å². The third-order valence-corrected chi connectivity index (χ3v) is 3.00. The second kappa shape index (κ2) is 7.51. The fourth-order valence-electron chi connectivity index (χ4n) is 2.03. The van der Waals surface area contributed by atoms with Gasteiger partial charge in [-0.05, 0) is 37.1 Å². The molecule has 1 atom stereocenters. The number of benzene rings is 1. The highest BCUT2D eigenvalue weighted by Crippen LogP contribution is 2.22. The molecule has 118 valence electrons. The summed E-state index contributed by atoms with van der Waals surface area (Å²) in [6.45, 7) is 1.12. The van der Waals surface area contributed by atoms with E-state index < -0.39 is 6.36 Å². The maximum atomic E-state index is 12.0. The van der Waals surface area contributed by atoms with Crippen LogP contribution in [0.4, 0.5) is 13.2 Å². The first kappa shape index (κ1) is 17.6. The van der Waals surface area contributed by atoms with E-state index in [0.29, 0.717) is 5.56 Å². The van der Waals surface area contributed by atoms with E-state index >= 15 is 0 Å². The Balaban J connectivity index is 0.00000220. The van der Waals surface area contributed by atoms with E-state index in [1.165, 1.54) is 24.3 Å². The van der Waals surface area contributed by atoms with Crippen molar-refractivity contribution < 1.29 is 22.7 Å². The molecule has 2 rings (SSSR count). The lowest BCUT2D eigenvalue weighted by Gasteiger charge is -2.12. The van der Waals surface area contributed by atoms with Crippen LogP contribution in [0.5, 0.6) is 5.75 Å². The van der Waals surface area contributed by atoms with Gasteiger partial charge in [0.1, 0.15) is 5.75 Å². The third kappa shape index (κ3) is 5.81. The number of hydrogen-bond donors (Lipinski definition) is 2. The van der Waals surface area contributed by atoms with Gasteiger partial charge in [-0.2, -0.15) is 0 Å². The van der Waals surface area contributed by atoms with Crippen LogP contribution in [0.1, 0.15) is 18.4 Å². The van der Waals surface area contributed by atoms with Crippen LogP contribution >= 0.6 is 12.4 Å². The largest absolute Gasteiger partial charge is 0.573 e. The Morgan fingerprint density at radius 1 is 1.33 bits per heavy atom. The Hall–Kier alpha value is -1.47. The molecule has 4 nitrogen and oxygen atoms in total. The van der Waals surface area contributed by atoms with E-state index in [2.05, 4.69) is 15.4 Å². The van der Waals surface area contributed by atoms with Gasteiger partial charge in [-0.25, -0.2) is 0 Å². The lowest BCUT2D eigenvalue weighted by Crippen LogP contribution is -2.39. The summed E-state index contributed by atoms with van der Waals surface area (Å²) in [7, 11) is 0. The number of hydrogen-bond acceptors (Lipinski definition) is 3. The number of carbonyl (C=O) groups is 1. The second-order valence-electron chi connectivity index (χ2n) is 4.56. The lowest BCUT2D eigenvalue weighted by atomic mass is 10.2. The molecule has 1 aliphatic rings. The summed E-state index contributed by atoms with van der Waals surface area (Å²) in [5.74, 6) is -0.358. The molecule has 1 heterocycles. The molecule has 0 aromatic heterocycles. The highest BCUT2D eigenvalue weighted by Gasteiger charge is 2.30. The normalized spacial score (nSPS) is 18.0. The Morgan fingerprint density at radius 3 is 2.52 bits per heavy atom. The third-order valence-electron chi connectivity index (χ3n) is 3.00. The van der Waals surface area contributed by atoms with E-state index in [1.54, 1.807) is 0 Å². The van der Waals surface area contributed by atoms with Crippen molar-refractivity contribution in [1.29, 1.82) is 0 Å². The molecular weight excluding hydrogens is 309 g/mol. The van der Waals surface area contributed by atoms with Gasteiger partial charge >= 0.3 is 6.36 Å². The maximum Gasteiger partial charge on any atom is 0.573 e. The highest BCUT2D eigenvalue weighted by molar-refractivity contribution is 5.85. The van der Waals surface area contributed by atoms with Crippen LogP contribution in [0.3, 0.4) is 0 Å². The van der Waals surface area contributed by atoms with E-state index in [4.69, 9.17) is 0 Å². The number of halogens is 4. The number of rotatable bonds is 4. The fraction of sp³-hybridized carbons (Fsp3) is 0.462. The zero-order chi connectivity index (χ0) is 14.6. The summed E-state index contributed by atoms with van der Waals surface area (Å²) in [5, 5.41) is 5.81. The average molecular weight is 325 g/mol. The number of alkyl halides is 3. The number of carbonyl (C=O) groups excluding carboxylic acids is 1. The second-order valence-corrected chi connectivity index (χ2v) is 4.56. The molecule has 2 N–H and O–H groups in total. The zero-order valence-electron chi connectivity index (χ0n) is 11.1. The minimum Gasteiger partial charge on any atom is -0.406 e. The van der Waals surface area contributed by atoms with Gasteiger partial charge in [0.25, 0.3) is 0 Å². The summed E-state index contributed by atoms with van der Waals surface area (Å²) in [4.78, 5) is 11.7. The van der Waals surface area contributed by atoms with Gasteiger partial charge in [-0.1, -0.05) is 12.1 Å². The van der Waals surface area contributed by atoms with Crippen LogP contribution in [0, 0.1) is 0 Å². The minimum atomic E-state index is -4.69. The SMILES string of the molecule is Cl.O=C(NCc1ccc(OC(F)(F)F)cc1)C1CCCN1. The summed E-state index contributed by atoms with van der Waals surface area (Å²) in [6.07, 6.45) is -2.91. The minimum absolute atomic E-state index is 0. The van der Waals surface area contributed by atoms with Gasteiger partial charge in [0.15, 0.2) is 0 Å². The zero-order valence-corrected chi connectivity index (χ0v) is 11.9. The van der Waals surface area contributed by atoms with E-state index in [-0.39, 0.29) is 36.7 Å². The van der Waals surface area contributed by atoms with Gasteiger partial charge in [-0.15, -0.1) is 25.6 Å². The topological polar surface area (TPSA) is 50.4 Å². The molecule has 0 bridgehead atoms. The molecule has 1 aromatic carbocycles. The van der Waals surface area contributed by atoms with Crippen LogP contribution in [-0.2, 0) is 11.3 Å². The first-order chi connectivity index (χ1) is 9.44. The Labute approximate surface area is 126 Å². The van der Waals surface area contributed by atoms with Gasteiger partial charge in [0.05, 0.1) is 6.04 Å². The summed E-state index contributed by atoms with van der Waals surface area (Å²) in [5.41, 5.74) is 0.714. The Kier molecular flexibility index (Phi) is 6.29. The van der Waals surface area contributed by atoms with Crippen LogP contribution in [-0.4, -0.2) is 24.9 Å². The van der Waals surface area contributed by atoms with Gasteiger partial charge in [0.2, 0.25) is 5.91 Å². The van der Waals surface area contributed by atoms with Crippen molar-refractivity contribution in [2.24, 2.45) is 0 Å². The van der Waals surface area contributed by atoms with Gasteiger partial charge < -0.3 is 15.4 Å². The first-order valence-corrected chi connectivity index (χ1v) is 6.30. The number of nitrogens with one attached hydrogen (secondary N) is 2. The molecule has 1 unspecified atom stereocenters. The van der Waals surface area contributed by atoms with Crippen molar-refractivity contribution in [1.82, 2.24) is 10.6 Å². The van der Waals surface area contributed by atoms with Crippen LogP contribution in [0.2, 0.25) is 0 Å². The Bertz CT molecular complexity index is 459. The standard InChI is InChI=1S/C13H15F3N2O2.ClH/c14-13(15,16)20-10-5-3-9(4-6-10)8-18-12(19)11-2-1-7-17-11;/h3-6,11,17H,1-2,7-8H2,(H,18,19);1H. The molecule has 1 aliphatic heterocycles. The molecule has 1 amide bonds. The quantitative estimate of drug-likeness (QED) is 0.894. The molecule has 0 saturated carbocycles. The molecule has 21 heavy (non-hydrogen) atoms. The van der Waals surface area contributed by atoms with Gasteiger partial charge in [0, 0.05) is 6.54 Å². The molecule has 0 radical (unpaired) electrons. The molecule has 1 aromatic rings. The molecule has 1 saturated heterocycles. The van der Waals surface area contributed by atoms with Crippen molar-refractivity contribution in [3.8, 4) is 5.75 Å². The summed E-state index contributed by atoms with van der Waals surface area (Å²) < 4.78 is 39.7. The number of amides is 1. The molecule has 0 spiro atoms. The van der Waals surface area contributed by atoms with E-state index in [0.717, 1.165) is 19.4 Å². The van der Waals surface area contributed by atoms with Crippen molar-refractivity contribution >= 4 is 18.3 Å². The number of ether oxygens (including phenoxy) is 1. The average Bonchev–Trinajstić information content (AvgIpc) is 2.89. The van der Waals surface area contributed by atoms with Crippen molar-refractivity contribution in [2.75, 3.05) is 6.54 Å². The monoisotopic (exact) mass is 324 g/mol. The maximum absolute atomic E-state index is 12.0. The molecule has 1 fully saturated rings. The molecule has 8 heteroatoms. The molecule has 0 aliphatic carbocycles. The fourth-order valence-corrected chi connectivity index (χ4v) is 2.03. The van der Waals surface area contributed by atoms with E-state index in [9.17, 15) is 18.0 Å². The predicted octanol–water partition coefficient (Wildman–Crippen LogP) is 2.38. The molecular formula is C13H16ClF3N2O2. The lowest BCUT2D eigenvalue weighted by molar-refractivity contribution is -0.274. The van der Waals surface area contributed by atoms with Crippen LogP contribution in [0.15, 0.2) is 24.3 Å².